The van der Waals surface area contributed by atoms with Crippen LogP contribution in [0.3, 0.4) is 0 Å². The summed E-state index contributed by atoms with van der Waals surface area (Å²) >= 11 is 0. The summed E-state index contributed by atoms with van der Waals surface area (Å²) < 4.78 is 0. The molecule has 0 aromatic carbocycles. The second-order valence-corrected chi connectivity index (χ2v) is 0. The van der Waals surface area contributed by atoms with E-state index >= 15 is 0 Å². The Morgan fingerprint density at radius 1 is 0.0189 bits per heavy atom. The average Bonchev–Trinajstić information content (AvgIpc) is 0. The summed E-state index contributed by atoms with van der Waals surface area (Å²) in [7, 11) is 0. The Balaban J connectivity index is 0. The molecule has 0 aromatic heterocycles. The third kappa shape index (κ3) is 380. The van der Waals surface area contributed by atoms with Crippen LogP contribution in [0.15, 0.2) is 0 Å². The Bertz CT molecular complexity index is 0. The van der Waals surface area contributed by atoms with Crippen LogP contribution in [-0.2, 0) is 1730 Å². The SMILES string of the molecule is [Y].[Y].[Y].[Y].[Y].[Y].[Y].[Y].[Y].[Y].[Y].[Y].[Y].[Y].[Y].[Y].[Y].[Y].[Y].[Y].[Y].[Y].[Y].[Y].[Y].[Y].[Y].[Y].[Y].[Y].[Y].[Y].[Y].[Y].[Y].[Y].[Y].[Y].[Y].[Y].[Y].[Y].[Y].[Y].[Y].[Y].[Y].[Y].[Y].[Y].[Y].[Y].[Y]. The van der Waals surface area contributed by atoms with Crippen LogP contribution in [0.25, 0.3) is 0 Å². The Labute approximate surface area is 1660 Å². The first kappa shape index (κ1) is 398. The molecule has 53 heavy (non-hydrogen) atoms. The van der Waals surface area contributed by atoms with Crippen LogP contribution in [-0.4, -0.2) is 0 Å². The van der Waals surface area contributed by atoms with Gasteiger partial charge >= 0.3 is 0 Å². The Hall–Kier alpha value is 58.5. The molecule has 0 rings (SSSR count). The standard InChI is InChI=1S/53Y. The van der Waals surface area contributed by atoms with Gasteiger partial charge in [0.1, 0.15) is 0 Å². The van der Waals surface area contributed by atoms with Crippen LogP contribution in [0.4, 0.5) is 0 Å². The normalized spacial score (nSPS) is 0. The van der Waals surface area contributed by atoms with Crippen LogP contribution in [0.2, 0.25) is 0 Å². The fourth-order valence-corrected chi connectivity index (χ4v) is 0. The molecule has 0 aliphatic heterocycles. The first-order chi connectivity index (χ1) is 0. The average molecular weight is 4710 g/mol. The fraction of sp³-hybridized carbons (Fsp3) is 0. The van der Waals surface area contributed by atoms with Gasteiger partial charge in [-0.2, -0.15) is 0 Å². The molecule has 159 valence electrons. The molecule has 0 unspecified atom stereocenters. The summed E-state index contributed by atoms with van der Waals surface area (Å²) in [4.78, 5) is 0. The van der Waals surface area contributed by atoms with Gasteiger partial charge in [0, 0.05) is 1730 Å². The minimum absolute atomic E-state index is 0. The molecular weight excluding hydrogens is 4710 g/mol. The second kappa shape index (κ2) is 387. The van der Waals surface area contributed by atoms with E-state index in [-0.39, 0.29) is 1730 Å². The first-order valence-corrected chi connectivity index (χ1v) is 0. The van der Waals surface area contributed by atoms with Gasteiger partial charge in [-0.1, -0.05) is 0 Å². The van der Waals surface area contributed by atoms with Crippen molar-refractivity contribution in [2.24, 2.45) is 0 Å². The Morgan fingerprint density at radius 2 is 0.0189 bits per heavy atom. The van der Waals surface area contributed by atoms with Crippen molar-refractivity contribution in [2.75, 3.05) is 0 Å². The van der Waals surface area contributed by atoms with Gasteiger partial charge in [-0.3, -0.25) is 0 Å². The Morgan fingerprint density at radius 3 is 0.0189 bits per heavy atom. The van der Waals surface area contributed by atoms with Crippen molar-refractivity contribution >= 4 is 0 Å². The van der Waals surface area contributed by atoms with Crippen LogP contribution >= 0.6 is 0 Å². The van der Waals surface area contributed by atoms with Gasteiger partial charge in [-0.15, -0.1) is 0 Å². The van der Waals surface area contributed by atoms with Crippen molar-refractivity contribution in [1.29, 1.82) is 0 Å². The monoisotopic (exact) mass is 4710 g/mol. The molecule has 0 aliphatic carbocycles. The summed E-state index contributed by atoms with van der Waals surface area (Å²) in [6.45, 7) is 0. The van der Waals surface area contributed by atoms with Gasteiger partial charge < -0.3 is 0 Å². The molecule has 0 saturated heterocycles. The maximum absolute atomic E-state index is 0. The zero-order chi connectivity index (χ0) is 0. The first-order valence-electron chi connectivity index (χ1n) is 0. The van der Waals surface area contributed by atoms with Crippen molar-refractivity contribution in [1.82, 2.24) is 0 Å². The van der Waals surface area contributed by atoms with E-state index in [4.69, 9.17) is 0 Å². The van der Waals surface area contributed by atoms with Crippen molar-refractivity contribution in [3.05, 3.63) is 0 Å². The van der Waals surface area contributed by atoms with Gasteiger partial charge in [0.05, 0.1) is 0 Å². The van der Waals surface area contributed by atoms with Gasteiger partial charge in [0.25, 0.3) is 0 Å². The van der Waals surface area contributed by atoms with Crippen LogP contribution in [0.5, 0.6) is 0 Å². The van der Waals surface area contributed by atoms with E-state index in [1.54, 1.807) is 0 Å². The number of rotatable bonds is 0. The van der Waals surface area contributed by atoms with E-state index in [0.717, 1.165) is 0 Å². The summed E-state index contributed by atoms with van der Waals surface area (Å²) in [5, 5.41) is 0. The molecule has 0 heterocycles. The predicted octanol–water partition coefficient (Wildman–Crippen LogP) is -0.133. The zero-order valence-corrected chi connectivity index (χ0v) is 181. The van der Waals surface area contributed by atoms with E-state index < -0.39 is 0 Å². The number of hydrogen-bond acceptors (Lipinski definition) is 0. The number of hydrogen-bond donors (Lipinski definition) is 0. The van der Waals surface area contributed by atoms with Crippen molar-refractivity contribution in [3.63, 3.8) is 0 Å². The minimum atomic E-state index is 0. The minimum Gasteiger partial charge on any atom is 0 e. The molecule has 53 radical (unpaired) electrons. The van der Waals surface area contributed by atoms with Crippen LogP contribution in [0, 0.1) is 0 Å². The molecule has 53 heteroatoms. The molecule has 0 aliphatic rings. The molecular formula is Y53. The van der Waals surface area contributed by atoms with Crippen LogP contribution < -0.4 is 0 Å². The van der Waals surface area contributed by atoms with E-state index in [0.29, 0.717) is 0 Å². The maximum Gasteiger partial charge on any atom is 0 e. The summed E-state index contributed by atoms with van der Waals surface area (Å²) in [5.41, 5.74) is 0. The molecule has 0 aromatic rings. The van der Waals surface area contributed by atoms with Gasteiger partial charge in [0.15, 0.2) is 0 Å². The molecule has 0 spiro atoms. The fourth-order valence-electron chi connectivity index (χ4n) is 0. The summed E-state index contributed by atoms with van der Waals surface area (Å²) in [5.74, 6) is 0. The molecule has 0 fully saturated rings. The molecule has 0 atom stereocenters. The van der Waals surface area contributed by atoms with Gasteiger partial charge in [0.2, 0.25) is 0 Å². The van der Waals surface area contributed by atoms with E-state index in [2.05, 4.69) is 0 Å². The Kier molecular flexibility index (Phi) is 2910. The molecule has 0 nitrogen and oxygen atoms in total. The van der Waals surface area contributed by atoms with Crippen molar-refractivity contribution in [2.45, 2.75) is 0 Å². The van der Waals surface area contributed by atoms with Crippen molar-refractivity contribution in [3.8, 4) is 0 Å². The zero-order valence-electron chi connectivity index (χ0n) is 30.6. The maximum atomic E-state index is 0. The second-order valence-electron chi connectivity index (χ2n) is 0. The largest absolute Gasteiger partial charge is 0 e. The van der Waals surface area contributed by atoms with E-state index in [1.807, 2.05) is 0 Å². The smallest absolute Gasteiger partial charge is 0 e. The molecule has 0 N–H and O–H groups in total. The molecule has 0 amide bonds. The third-order valence-electron chi connectivity index (χ3n) is 0. The molecule has 0 bridgehead atoms. The van der Waals surface area contributed by atoms with Crippen molar-refractivity contribution < 1.29 is 1730 Å². The van der Waals surface area contributed by atoms with Gasteiger partial charge in [-0.05, 0) is 0 Å². The topological polar surface area (TPSA) is 0 Å². The predicted molar refractivity (Wildman–Crippen MR) is 0 cm³/mol. The van der Waals surface area contributed by atoms with E-state index in [9.17, 15) is 0 Å². The third-order valence-corrected chi connectivity index (χ3v) is 0. The summed E-state index contributed by atoms with van der Waals surface area (Å²) in [6.07, 6.45) is 0. The van der Waals surface area contributed by atoms with Crippen LogP contribution in [0.1, 0.15) is 0 Å². The van der Waals surface area contributed by atoms with Gasteiger partial charge in [-0.25, -0.2) is 0 Å². The quantitative estimate of drug-likeness (QED) is 0.318. The van der Waals surface area contributed by atoms with E-state index in [1.165, 1.54) is 0 Å². The molecule has 0 saturated carbocycles. The summed E-state index contributed by atoms with van der Waals surface area (Å²) in [6, 6.07) is 0.